The van der Waals surface area contributed by atoms with Gasteiger partial charge in [-0.15, -0.1) is 0 Å². The first-order valence-electron chi connectivity index (χ1n) is 13.0. The van der Waals surface area contributed by atoms with Crippen LogP contribution in [0, 0.1) is 11.8 Å². The molecule has 2 unspecified atom stereocenters. The van der Waals surface area contributed by atoms with E-state index in [1.54, 1.807) is 0 Å². The van der Waals surface area contributed by atoms with Crippen LogP contribution in [-0.2, 0) is 0 Å². The first-order chi connectivity index (χ1) is 17.6. The minimum absolute atomic E-state index is 0.330. The predicted molar refractivity (Wildman–Crippen MR) is 149 cm³/mol. The van der Waals surface area contributed by atoms with Crippen molar-refractivity contribution in [2.75, 3.05) is 5.32 Å². The SMILES string of the molecule is CC1CC(C)CC(N=c2cc3n(-c4ccccc4)c4ccccc4nc-3cc2Nc2ccccc2)C1. The van der Waals surface area contributed by atoms with E-state index in [1.165, 1.54) is 6.42 Å². The van der Waals surface area contributed by atoms with Crippen molar-refractivity contribution >= 4 is 22.4 Å². The number of fused-ring (bicyclic) bond motifs is 2. The van der Waals surface area contributed by atoms with E-state index in [0.29, 0.717) is 17.9 Å². The van der Waals surface area contributed by atoms with Crippen molar-refractivity contribution in [1.82, 2.24) is 9.55 Å². The number of para-hydroxylation sites is 4. The van der Waals surface area contributed by atoms with Crippen LogP contribution in [0.4, 0.5) is 11.4 Å². The summed E-state index contributed by atoms with van der Waals surface area (Å²) in [6, 6.07) is 34.0. The molecule has 6 rings (SSSR count). The van der Waals surface area contributed by atoms with Crippen molar-refractivity contribution in [3.05, 3.63) is 102 Å². The van der Waals surface area contributed by atoms with E-state index < -0.39 is 0 Å². The number of rotatable bonds is 4. The summed E-state index contributed by atoms with van der Waals surface area (Å²) in [5.74, 6) is 1.40. The zero-order chi connectivity index (χ0) is 24.5. The van der Waals surface area contributed by atoms with Gasteiger partial charge in [-0.1, -0.05) is 62.4 Å². The number of benzene rings is 4. The first-order valence-corrected chi connectivity index (χ1v) is 13.0. The molecule has 4 nitrogen and oxygen atoms in total. The summed E-state index contributed by atoms with van der Waals surface area (Å²) in [6.45, 7) is 4.72. The van der Waals surface area contributed by atoms with E-state index in [-0.39, 0.29) is 0 Å². The van der Waals surface area contributed by atoms with Crippen LogP contribution in [0.2, 0.25) is 0 Å². The molecule has 3 aliphatic rings. The fraction of sp³-hybridized carbons (Fsp3) is 0.250. The van der Waals surface area contributed by atoms with Gasteiger partial charge >= 0.3 is 0 Å². The second-order valence-corrected chi connectivity index (χ2v) is 10.3. The molecular formula is C32H32N4. The van der Waals surface area contributed by atoms with E-state index in [2.05, 4.69) is 115 Å². The Kier molecular flexibility index (Phi) is 6.02. The average molecular weight is 473 g/mol. The summed E-state index contributed by atoms with van der Waals surface area (Å²) in [4.78, 5) is 10.5. The topological polar surface area (TPSA) is 42.2 Å². The number of nitrogens with zero attached hydrogens (tertiary/aromatic N) is 3. The molecule has 3 aromatic rings. The Labute approximate surface area is 212 Å². The summed E-state index contributed by atoms with van der Waals surface area (Å²) in [5, 5.41) is 4.64. The van der Waals surface area contributed by atoms with Gasteiger partial charge in [0.15, 0.2) is 0 Å². The van der Waals surface area contributed by atoms with Crippen LogP contribution < -0.4 is 10.7 Å². The lowest BCUT2D eigenvalue weighted by Crippen LogP contribution is -2.25. The van der Waals surface area contributed by atoms with Crippen molar-refractivity contribution in [2.24, 2.45) is 16.8 Å². The van der Waals surface area contributed by atoms with Gasteiger partial charge < -0.3 is 9.88 Å². The normalized spacial score (nSPS) is 20.6. The van der Waals surface area contributed by atoms with Gasteiger partial charge in [0, 0.05) is 11.4 Å². The lowest BCUT2D eigenvalue weighted by atomic mass is 9.81. The maximum atomic E-state index is 5.38. The van der Waals surface area contributed by atoms with Gasteiger partial charge in [0.1, 0.15) is 0 Å². The molecule has 180 valence electrons. The molecular weight excluding hydrogens is 440 g/mol. The summed E-state index contributed by atoms with van der Waals surface area (Å²) < 4.78 is 2.31. The van der Waals surface area contributed by atoms with Gasteiger partial charge in [0.25, 0.3) is 0 Å². The molecule has 0 amide bonds. The summed E-state index contributed by atoms with van der Waals surface area (Å²) >= 11 is 0. The maximum Gasteiger partial charge on any atom is 0.0900 e. The smallest absolute Gasteiger partial charge is 0.0900 e. The molecule has 1 fully saturated rings. The van der Waals surface area contributed by atoms with Crippen LogP contribution in [0.1, 0.15) is 33.1 Å². The monoisotopic (exact) mass is 472 g/mol. The van der Waals surface area contributed by atoms with E-state index in [9.17, 15) is 0 Å². The molecule has 1 saturated carbocycles. The molecule has 0 radical (unpaired) electrons. The number of anilines is 2. The molecule has 3 aromatic carbocycles. The highest BCUT2D eigenvalue weighted by Gasteiger charge is 2.24. The molecule has 4 heteroatoms. The number of hydrogen-bond donors (Lipinski definition) is 1. The van der Waals surface area contributed by atoms with Gasteiger partial charge in [-0.2, -0.15) is 0 Å². The van der Waals surface area contributed by atoms with Gasteiger partial charge in [0.2, 0.25) is 0 Å². The molecule has 0 saturated heterocycles. The summed E-state index contributed by atoms with van der Waals surface area (Å²) in [6.07, 6.45) is 3.58. The van der Waals surface area contributed by atoms with Crippen LogP contribution in [0.25, 0.3) is 28.1 Å². The Morgan fingerprint density at radius 2 is 1.44 bits per heavy atom. The second kappa shape index (κ2) is 9.62. The molecule has 0 bridgehead atoms. The lowest BCUT2D eigenvalue weighted by Gasteiger charge is -2.29. The highest BCUT2D eigenvalue weighted by atomic mass is 15.0. The zero-order valence-corrected chi connectivity index (χ0v) is 20.9. The van der Waals surface area contributed by atoms with Crippen LogP contribution in [0.3, 0.4) is 0 Å². The minimum Gasteiger partial charge on any atom is -0.354 e. The quantitative estimate of drug-likeness (QED) is 0.274. The van der Waals surface area contributed by atoms with Crippen molar-refractivity contribution in [3.63, 3.8) is 0 Å². The molecule has 1 N–H and O–H groups in total. The van der Waals surface area contributed by atoms with Crippen LogP contribution in [0.5, 0.6) is 0 Å². The van der Waals surface area contributed by atoms with E-state index in [4.69, 9.17) is 9.98 Å². The van der Waals surface area contributed by atoms with E-state index >= 15 is 0 Å². The minimum atomic E-state index is 0.330. The van der Waals surface area contributed by atoms with E-state index in [0.717, 1.165) is 57.7 Å². The highest BCUT2D eigenvalue weighted by molar-refractivity contribution is 5.84. The first kappa shape index (κ1) is 22.5. The number of nitrogens with one attached hydrogen (secondary N) is 1. The lowest BCUT2D eigenvalue weighted by molar-refractivity contribution is 0.268. The molecule has 36 heavy (non-hydrogen) atoms. The van der Waals surface area contributed by atoms with Crippen LogP contribution in [0.15, 0.2) is 102 Å². The standard InChI is InChI=1S/C32H32N4/c1-22-17-23(2)19-25(18-22)34-29-21-32-30(20-28(29)33-24-11-5-3-6-12-24)35-27-15-9-10-16-31(27)36(32)26-13-7-4-8-14-26/h3-16,20-23,25,33H,17-19H2,1-2H3. The third-order valence-corrected chi connectivity index (χ3v) is 7.24. The van der Waals surface area contributed by atoms with Gasteiger partial charge in [-0.05, 0) is 79.6 Å². The van der Waals surface area contributed by atoms with Gasteiger partial charge in [-0.25, -0.2) is 4.98 Å². The molecule has 0 spiro atoms. The van der Waals surface area contributed by atoms with Crippen molar-refractivity contribution in [2.45, 2.75) is 39.2 Å². The van der Waals surface area contributed by atoms with Crippen molar-refractivity contribution < 1.29 is 0 Å². The Morgan fingerprint density at radius 3 is 2.19 bits per heavy atom. The summed E-state index contributed by atoms with van der Waals surface area (Å²) in [5.41, 5.74) is 7.24. The molecule has 2 atom stereocenters. The largest absolute Gasteiger partial charge is 0.354 e. The Bertz CT molecular complexity index is 1510. The third-order valence-electron chi connectivity index (χ3n) is 7.24. The van der Waals surface area contributed by atoms with Crippen LogP contribution in [-0.4, -0.2) is 15.6 Å². The Hall–Kier alpha value is -3.92. The van der Waals surface area contributed by atoms with Gasteiger partial charge in [0.05, 0.1) is 39.5 Å². The average Bonchev–Trinajstić information content (AvgIpc) is 2.88. The fourth-order valence-electron chi connectivity index (χ4n) is 5.79. The van der Waals surface area contributed by atoms with Crippen molar-refractivity contribution in [1.29, 1.82) is 0 Å². The molecule has 0 aromatic heterocycles. The zero-order valence-electron chi connectivity index (χ0n) is 20.9. The number of hydrogen-bond acceptors (Lipinski definition) is 3. The highest BCUT2D eigenvalue weighted by Crippen LogP contribution is 2.32. The Morgan fingerprint density at radius 1 is 0.778 bits per heavy atom. The van der Waals surface area contributed by atoms with Gasteiger partial charge in [-0.3, -0.25) is 4.99 Å². The fourth-order valence-corrected chi connectivity index (χ4v) is 5.79. The second-order valence-electron chi connectivity index (χ2n) is 10.3. The number of aromatic nitrogens is 2. The third kappa shape index (κ3) is 4.51. The molecule has 2 aliphatic carbocycles. The maximum absolute atomic E-state index is 5.38. The molecule has 1 aliphatic heterocycles. The summed E-state index contributed by atoms with van der Waals surface area (Å²) in [7, 11) is 0. The van der Waals surface area contributed by atoms with Crippen LogP contribution >= 0.6 is 0 Å². The van der Waals surface area contributed by atoms with Crippen molar-refractivity contribution in [3.8, 4) is 17.1 Å². The predicted octanol–water partition coefficient (Wildman–Crippen LogP) is 7.60. The molecule has 1 heterocycles. The van der Waals surface area contributed by atoms with E-state index in [1.807, 2.05) is 6.07 Å². The Balaban J connectivity index is 1.61.